The third kappa shape index (κ3) is 28.3. The molecule has 16 heteroatoms. The van der Waals surface area contributed by atoms with Crippen molar-refractivity contribution in [3.63, 3.8) is 0 Å². The number of aliphatic hydroxyl groups is 6. The fourth-order valence-corrected chi connectivity index (χ4v) is 4.81. The van der Waals surface area contributed by atoms with Crippen LogP contribution in [0, 0.1) is 0 Å². The molecule has 0 aromatic rings. The molecule has 0 aromatic heterocycles. The van der Waals surface area contributed by atoms with Gasteiger partial charge in [0.25, 0.3) is 5.91 Å². The minimum absolute atomic E-state index is 0. The Balaban J connectivity index is -0.000000602. The Morgan fingerprint density at radius 3 is 1.57 bits per heavy atom. The standard InChI is InChI=1S/C28H55NO9.6Y/c1-2-3-4-5-6-7-8-9-10-11-12-13-14-15-17-29-28(36)27(35)24(32)21(16-18-30)37-20-23-26(34)25(33)22(19-31)38-23;;;;;;/h21-27,30-35H,2-20H2,1H3,(H,29,36);;;;;;. The van der Waals surface area contributed by atoms with Gasteiger partial charge < -0.3 is 45.4 Å². The fraction of sp³-hybridized carbons (Fsp3) is 0.964. The topological polar surface area (TPSA) is 169 Å². The number of hydrogen-bond acceptors (Lipinski definition) is 9. The van der Waals surface area contributed by atoms with Crippen molar-refractivity contribution in [3.05, 3.63) is 0 Å². The second kappa shape index (κ2) is 41.5. The Morgan fingerprint density at radius 2 is 1.16 bits per heavy atom. The van der Waals surface area contributed by atoms with E-state index in [1.165, 1.54) is 70.6 Å². The average molecular weight is 1080 g/mol. The van der Waals surface area contributed by atoms with Crippen LogP contribution in [0.25, 0.3) is 0 Å². The maximum absolute atomic E-state index is 12.3. The first-order chi connectivity index (χ1) is 18.4. The van der Waals surface area contributed by atoms with Crippen LogP contribution in [0.3, 0.4) is 0 Å². The van der Waals surface area contributed by atoms with Gasteiger partial charge in [0.05, 0.1) is 19.3 Å². The van der Waals surface area contributed by atoms with Gasteiger partial charge in [-0.1, -0.05) is 90.4 Å². The summed E-state index contributed by atoms with van der Waals surface area (Å²) < 4.78 is 10.8. The minimum atomic E-state index is -1.75. The minimum Gasteiger partial charge on any atom is -0.396 e. The van der Waals surface area contributed by atoms with Gasteiger partial charge in [0, 0.05) is 209 Å². The van der Waals surface area contributed by atoms with Gasteiger partial charge in [-0.15, -0.1) is 0 Å². The summed E-state index contributed by atoms with van der Waals surface area (Å²) in [5.74, 6) is -0.716. The summed E-state index contributed by atoms with van der Waals surface area (Å²) in [6.45, 7) is 1.55. The second-order valence-corrected chi connectivity index (χ2v) is 10.6. The molecule has 1 aliphatic rings. The van der Waals surface area contributed by atoms with E-state index >= 15 is 0 Å². The number of ether oxygens (including phenoxy) is 2. The molecule has 1 saturated heterocycles. The number of aliphatic hydroxyl groups excluding tert-OH is 6. The monoisotopic (exact) mass is 1080 g/mol. The van der Waals surface area contributed by atoms with Crippen LogP contribution in [0.15, 0.2) is 0 Å². The maximum atomic E-state index is 12.3. The van der Waals surface area contributed by atoms with E-state index in [0.29, 0.717) is 6.54 Å². The third-order valence-corrected chi connectivity index (χ3v) is 7.33. The van der Waals surface area contributed by atoms with Crippen LogP contribution in [-0.2, 0) is 211 Å². The van der Waals surface area contributed by atoms with Crippen molar-refractivity contribution in [3.8, 4) is 0 Å². The Kier molecular flexibility index (Phi) is 58.3. The number of rotatable bonds is 24. The molecule has 7 atom stereocenters. The van der Waals surface area contributed by atoms with Gasteiger partial charge in [0.15, 0.2) is 6.10 Å². The summed E-state index contributed by atoms with van der Waals surface area (Å²) in [5, 5.41) is 61.7. The van der Waals surface area contributed by atoms with Crippen molar-refractivity contribution < 1.29 is 241 Å². The van der Waals surface area contributed by atoms with Gasteiger partial charge in [-0.05, 0) is 12.8 Å². The van der Waals surface area contributed by atoms with Crippen molar-refractivity contribution in [1.82, 2.24) is 5.32 Å². The van der Waals surface area contributed by atoms with Crippen LogP contribution in [0.2, 0.25) is 0 Å². The van der Waals surface area contributed by atoms with Gasteiger partial charge >= 0.3 is 0 Å². The summed E-state index contributed by atoms with van der Waals surface area (Å²) in [6.07, 6.45) is 8.35. The molecule has 0 aliphatic carbocycles. The molecule has 1 rings (SSSR count). The number of unbranched alkanes of at least 4 members (excludes halogenated alkanes) is 13. The summed E-state index contributed by atoms with van der Waals surface area (Å²) in [6, 6.07) is 0. The third-order valence-electron chi connectivity index (χ3n) is 7.33. The molecule has 44 heavy (non-hydrogen) atoms. The molecule has 6 radical (unpaired) electrons. The van der Waals surface area contributed by atoms with Crippen molar-refractivity contribution >= 4 is 5.91 Å². The Morgan fingerprint density at radius 1 is 0.727 bits per heavy atom. The Labute approximate surface area is 417 Å². The summed E-state index contributed by atoms with van der Waals surface area (Å²) >= 11 is 0. The molecule has 10 nitrogen and oxygen atoms in total. The first kappa shape index (κ1) is 61.8. The van der Waals surface area contributed by atoms with Gasteiger partial charge in [-0.2, -0.15) is 0 Å². The van der Waals surface area contributed by atoms with Gasteiger partial charge in [0.1, 0.15) is 30.5 Å². The van der Waals surface area contributed by atoms with E-state index in [1.807, 2.05) is 0 Å². The van der Waals surface area contributed by atoms with Crippen LogP contribution >= 0.6 is 0 Å². The van der Waals surface area contributed by atoms with Gasteiger partial charge in [-0.3, -0.25) is 4.79 Å². The molecule has 1 amide bonds. The fourth-order valence-electron chi connectivity index (χ4n) is 4.81. The Bertz CT molecular complexity index is 608. The van der Waals surface area contributed by atoms with E-state index in [2.05, 4.69) is 12.2 Å². The smallest absolute Gasteiger partial charge is 0.251 e. The van der Waals surface area contributed by atoms with E-state index in [4.69, 9.17) is 9.47 Å². The first-order valence-electron chi connectivity index (χ1n) is 14.9. The zero-order chi connectivity index (χ0) is 28.2. The molecule has 7 N–H and O–H groups in total. The summed E-state index contributed by atoms with van der Waals surface area (Å²) in [4.78, 5) is 12.3. The quantitative estimate of drug-likeness (QED) is 0.0711. The van der Waals surface area contributed by atoms with Crippen LogP contribution in [0.4, 0.5) is 0 Å². The number of carbonyl (C=O) groups excluding carboxylic acids is 1. The number of nitrogens with one attached hydrogen (secondary N) is 1. The van der Waals surface area contributed by atoms with Crippen LogP contribution in [-0.4, -0.2) is 106 Å². The molecule has 1 aliphatic heterocycles. The number of carbonyl (C=O) groups is 1. The molecule has 1 heterocycles. The molecule has 244 valence electrons. The zero-order valence-electron chi connectivity index (χ0n) is 26.8. The average Bonchev–Trinajstić information content (AvgIpc) is 3.20. The van der Waals surface area contributed by atoms with E-state index in [9.17, 15) is 35.4 Å². The van der Waals surface area contributed by atoms with Crippen molar-refractivity contribution in [2.45, 2.75) is 146 Å². The van der Waals surface area contributed by atoms with Gasteiger partial charge in [0.2, 0.25) is 0 Å². The van der Waals surface area contributed by atoms with Crippen LogP contribution < -0.4 is 5.32 Å². The molecular formula is C28H55NO9Y6. The van der Waals surface area contributed by atoms with E-state index in [0.717, 1.165) is 19.3 Å². The molecule has 0 aromatic carbocycles. The molecule has 7 unspecified atom stereocenters. The van der Waals surface area contributed by atoms with Crippen LogP contribution in [0.5, 0.6) is 0 Å². The van der Waals surface area contributed by atoms with Crippen molar-refractivity contribution in [2.75, 3.05) is 26.4 Å². The largest absolute Gasteiger partial charge is 0.396 e. The summed E-state index contributed by atoms with van der Waals surface area (Å²) in [5.41, 5.74) is 0. The number of amides is 1. The van der Waals surface area contributed by atoms with E-state index < -0.39 is 55.2 Å². The van der Waals surface area contributed by atoms with Crippen LogP contribution in [0.1, 0.15) is 103 Å². The zero-order valence-corrected chi connectivity index (χ0v) is 43.9. The van der Waals surface area contributed by atoms with Crippen molar-refractivity contribution in [1.29, 1.82) is 0 Å². The van der Waals surface area contributed by atoms with E-state index in [1.54, 1.807) is 0 Å². The molecule has 1 fully saturated rings. The maximum Gasteiger partial charge on any atom is 0.251 e. The molecular weight excluding hydrogens is 1030 g/mol. The second-order valence-electron chi connectivity index (χ2n) is 10.6. The SMILES string of the molecule is CCCCCCCCCCCCCCCCNC(=O)C(O)C(O)C(CCO)OCC1OC(CO)C(O)C1O.[Y].[Y].[Y].[Y].[Y].[Y]. The normalized spacial score (nSPS) is 20.6. The van der Waals surface area contributed by atoms with Crippen molar-refractivity contribution in [2.24, 2.45) is 0 Å². The number of hydrogen-bond donors (Lipinski definition) is 7. The molecule has 0 spiro atoms. The molecule has 0 bridgehead atoms. The first-order valence-corrected chi connectivity index (χ1v) is 14.9. The van der Waals surface area contributed by atoms with Gasteiger partial charge in [-0.25, -0.2) is 0 Å². The molecule has 0 saturated carbocycles. The Hall–Kier alpha value is 5.77. The predicted molar refractivity (Wildman–Crippen MR) is 145 cm³/mol. The van der Waals surface area contributed by atoms with E-state index in [-0.39, 0.29) is 216 Å². The predicted octanol–water partition coefficient (Wildman–Crippen LogP) is 1.54. The summed E-state index contributed by atoms with van der Waals surface area (Å²) in [7, 11) is 0.